The van der Waals surface area contributed by atoms with Gasteiger partial charge in [0.15, 0.2) is 23.2 Å². The van der Waals surface area contributed by atoms with Gasteiger partial charge in [-0.1, -0.05) is 77.6 Å². The lowest BCUT2D eigenvalue weighted by Crippen LogP contribution is -2.17. The second kappa shape index (κ2) is 18.0. The van der Waals surface area contributed by atoms with Crippen LogP contribution in [0, 0.1) is 17.5 Å². The van der Waals surface area contributed by atoms with Gasteiger partial charge in [0.05, 0.1) is 18.6 Å². The van der Waals surface area contributed by atoms with Crippen molar-refractivity contribution in [3.63, 3.8) is 0 Å². The van der Waals surface area contributed by atoms with Gasteiger partial charge in [0.2, 0.25) is 0 Å². The van der Waals surface area contributed by atoms with Crippen LogP contribution < -0.4 is 5.32 Å². The second-order valence-electron chi connectivity index (χ2n) is 8.85. The number of hydrogen-bond acceptors (Lipinski definition) is 5. The van der Waals surface area contributed by atoms with Crippen molar-refractivity contribution in [2.24, 2.45) is 0 Å². The molecule has 0 aliphatic heterocycles. The molecule has 1 rings (SSSR count). The topological polar surface area (TPSA) is 72.5 Å². The third-order valence-corrected chi connectivity index (χ3v) is 5.80. The van der Waals surface area contributed by atoms with Gasteiger partial charge >= 0.3 is 5.97 Å². The van der Waals surface area contributed by atoms with E-state index in [4.69, 9.17) is 0 Å². The van der Waals surface area contributed by atoms with Gasteiger partial charge in [-0.25, -0.2) is 13.2 Å². The minimum absolute atomic E-state index is 0.0683. The lowest BCUT2D eigenvalue weighted by molar-refractivity contribution is -0.145. The Morgan fingerprint density at radius 1 is 0.771 bits per heavy atom. The van der Waals surface area contributed by atoms with Gasteiger partial charge in [-0.3, -0.25) is 14.4 Å². The maximum absolute atomic E-state index is 14.4. The Kier molecular flexibility index (Phi) is 15.7. The molecule has 35 heavy (non-hydrogen) atoms. The molecular weight excluding hydrogens is 459 g/mol. The highest BCUT2D eigenvalue weighted by atomic mass is 19.2. The van der Waals surface area contributed by atoms with E-state index in [1.54, 1.807) is 6.92 Å². The van der Waals surface area contributed by atoms with E-state index in [-0.39, 0.29) is 13.2 Å². The third kappa shape index (κ3) is 12.2. The van der Waals surface area contributed by atoms with Crippen molar-refractivity contribution in [1.29, 1.82) is 0 Å². The number of rotatable bonds is 20. The van der Waals surface area contributed by atoms with Crippen molar-refractivity contribution in [3.8, 4) is 0 Å². The molecule has 0 radical (unpaired) electrons. The second-order valence-corrected chi connectivity index (χ2v) is 8.85. The van der Waals surface area contributed by atoms with E-state index < -0.39 is 59.1 Å². The number of esters is 1. The van der Waals surface area contributed by atoms with Crippen LogP contribution in [0.3, 0.4) is 0 Å². The molecule has 0 aromatic heterocycles. The largest absolute Gasteiger partial charge is 0.466 e. The maximum Gasteiger partial charge on any atom is 0.313 e. The van der Waals surface area contributed by atoms with Crippen LogP contribution in [-0.2, 0) is 14.3 Å². The maximum atomic E-state index is 14.4. The Hall–Kier alpha value is -2.38. The van der Waals surface area contributed by atoms with Crippen molar-refractivity contribution in [1.82, 2.24) is 0 Å². The zero-order valence-electron chi connectivity index (χ0n) is 21.2. The van der Waals surface area contributed by atoms with Crippen LogP contribution in [0.5, 0.6) is 0 Å². The number of benzene rings is 1. The molecule has 0 atom stereocenters. The van der Waals surface area contributed by atoms with Crippen molar-refractivity contribution in [3.05, 3.63) is 29.1 Å². The van der Waals surface area contributed by atoms with E-state index in [0.29, 0.717) is 12.5 Å². The van der Waals surface area contributed by atoms with Crippen molar-refractivity contribution in [2.45, 2.75) is 104 Å². The van der Waals surface area contributed by atoms with Gasteiger partial charge in [0.25, 0.3) is 0 Å². The van der Waals surface area contributed by atoms with Gasteiger partial charge < -0.3 is 10.1 Å². The average Bonchev–Trinajstić information content (AvgIpc) is 2.81. The van der Waals surface area contributed by atoms with Crippen molar-refractivity contribution >= 4 is 23.2 Å². The van der Waals surface area contributed by atoms with Gasteiger partial charge in [-0.05, 0) is 19.4 Å². The number of anilines is 1. The molecule has 198 valence electrons. The SMILES string of the molecule is CCCCCCCCCCCCCCNc1c(F)cc(C(=O)CC(=O)CC(=O)OCC)c(F)c1F. The molecule has 1 aromatic carbocycles. The van der Waals surface area contributed by atoms with Crippen LogP contribution in [0.2, 0.25) is 0 Å². The highest BCUT2D eigenvalue weighted by Gasteiger charge is 2.24. The number of ether oxygens (including phenoxy) is 1. The Morgan fingerprint density at radius 2 is 1.31 bits per heavy atom. The first-order chi connectivity index (χ1) is 16.8. The molecule has 0 heterocycles. The van der Waals surface area contributed by atoms with E-state index in [1.165, 1.54) is 51.4 Å². The Morgan fingerprint density at radius 3 is 1.86 bits per heavy atom. The molecule has 1 aromatic rings. The molecule has 0 aliphatic rings. The van der Waals surface area contributed by atoms with E-state index in [1.807, 2.05) is 0 Å². The predicted molar refractivity (Wildman–Crippen MR) is 131 cm³/mol. The summed E-state index contributed by atoms with van der Waals surface area (Å²) in [7, 11) is 0. The first kappa shape index (κ1) is 30.7. The minimum atomic E-state index is -1.52. The monoisotopic (exact) mass is 499 g/mol. The van der Waals surface area contributed by atoms with Crippen LogP contribution in [0.25, 0.3) is 0 Å². The number of ketones is 2. The summed E-state index contributed by atoms with van der Waals surface area (Å²) in [5, 5.41) is 2.58. The molecule has 0 fully saturated rings. The molecular formula is C27H40F3NO4. The van der Waals surface area contributed by atoms with Crippen LogP contribution in [0.1, 0.15) is 114 Å². The van der Waals surface area contributed by atoms with E-state index in [9.17, 15) is 27.6 Å². The average molecular weight is 500 g/mol. The van der Waals surface area contributed by atoms with Gasteiger partial charge in [-0.15, -0.1) is 0 Å². The number of carbonyl (C=O) groups excluding carboxylic acids is 3. The molecule has 0 aliphatic carbocycles. The molecule has 0 saturated heterocycles. The fraction of sp³-hybridized carbons (Fsp3) is 0.667. The summed E-state index contributed by atoms with van der Waals surface area (Å²) in [6, 6.07) is 0.586. The molecule has 0 bridgehead atoms. The van der Waals surface area contributed by atoms with E-state index in [0.717, 1.165) is 19.3 Å². The van der Waals surface area contributed by atoms with Crippen molar-refractivity contribution in [2.75, 3.05) is 18.5 Å². The lowest BCUT2D eigenvalue weighted by Gasteiger charge is -2.12. The smallest absolute Gasteiger partial charge is 0.313 e. The van der Waals surface area contributed by atoms with Crippen molar-refractivity contribution < 1.29 is 32.3 Å². The molecule has 0 amide bonds. The quantitative estimate of drug-likeness (QED) is 0.0669. The molecule has 0 saturated carbocycles. The van der Waals surface area contributed by atoms with E-state index >= 15 is 0 Å². The number of hydrogen-bond donors (Lipinski definition) is 1. The summed E-state index contributed by atoms with van der Waals surface area (Å²) in [6.07, 6.45) is 12.4. The molecule has 0 spiro atoms. The Bertz CT molecular complexity index is 814. The molecule has 5 nitrogen and oxygen atoms in total. The highest BCUT2D eigenvalue weighted by Crippen LogP contribution is 2.26. The van der Waals surface area contributed by atoms with Crippen LogP contribution >= 0.6 is 0 Å². The van der Waals surface area contributed by atoms with Crippen LogP contribution in [-0.4, -0.2) is 30.7 Å². The first-order valence-corrected chi connectivity index (χ1v) is 12.9. The Balaban J connectivity index is 2.38. The summed E-state index contributed by atoms with van der Waals surface area (Å²) < 4.78 is 47.7. The fourth-order valence-electron chi connectivity index (χ4n) is 3.85. The Labute approximate surface area is 207 Å². The highest BCUT2D eigenvalue weighted by molar-refractivity contribution is 6.11. The zero-order valence-corrected chi connectivity index (χ0v) is 21.2. The normalized spacial score (nSPS) is 10.9. The number of halogens is 3. The van der Waals surface area contributed by atoms with Crippen LogP contribution in [0.15, 0.2) is 6.07 Å². The summed E-state index contributed by atoms with van der Waals surface area (Å²) in [4.78, 5) is 35.2. The predicted octanol–water partition coefficient (Wildman–Crippen LogP) is 7.31. The first-order valence-electron chi connectivity index (χ1n) is 12.9. The summed E-state index contributed by atoms with van der Waals surface area (Å²) >= 11 is 0. The summed E-state index contributed by atoms with van der Waals surface area (Å²) in [6.45, 7) is 4.11. The third-order valence-electron chi connectivity index (χ3n) is 5.80. The number of nitrogens with one attached hydrogen (secondary N) is 1. The fourth-order valence-corrected chi connectivity index (χ4v) is 3.85. The standard InChI is InChI=1S/C27H40F3NO4/c1-3-5-6-7-8-9-10-11-12-13-14-15-16-31-27-22(28)19-21(25(29)26(27)30)23(33)17-20(32)18-24(34)35-4-2/h19,31H,3-18H2,1-2H3. The van der Waals surface area contributed by atoms with E-state index in [2.05, 4.69) is 17.0 Å². The van der Waals surface area contributed by atoms with Gasteiger partial charge in [0.1, 0.15) is 17.9 Å². The molecule has 8 heteroatoms. The minimum Gasteiger partial charge on any atom is -0.466 e. The van der Waals surface area contributed by atoms with Gasteiger partial charge in [-0.2, -0.15) is 0 Å². The van der Waals surface area contributed by atoms with Crippen LogP contribution in [0.4, 0.5) is 18.9 Å². The molecule has 1 N–H and O–H groups in total. The number of unbranched alkanes of at least 4 members (excludes halogenated alkanes) is 11. The lowest BCUT2D eigenvalue weighted by atomic mass is 10.0. The molecule has 0 unspecified atom stereocenters. The zero-order chi connectivity index (χ0) is 26.1. The summed E-state index contributed by atoms with van der Waals surface area (Å²) in [5.74, 6) is -6.85. The van der Waals surface area contributed by atoms with Gasteiger partial charge in [0, 0.05) is 6.54 Å². The summed E-state index contributed by atoms with van der Waals surface area (Å²) in [5.41, 5.74) is -1.48. The number of Topliss-reactive ketones (excluding diaryl/α,β-unsaturated/α-hetero) is 2. The number of carbonyl (C=O) groups is 3.